The van der Waals surface area contributed by atoms with Gasteiger partial charge in [-0.15, -0.1) is 0 Å². The molecule has 0 aliphatic carbocycles. The fraction of sp³-hybridized carbons (Fsp3) is 0.333. The molecule has 0 aliphatic heterocycles. The summed E-state index contributed by atoms with van der Waals surface area (Å²) in [5.74, 6) is -0.0420. The molecule has 4 nitrogen and oxygen atoms in total. The van der Waals surface area contributed by atoms with Crippen molar-refractivity contribution in [1.82, 2.24) is 0 Å². The molecule has 2 aromatic rings. The lowest BCUT2D eigenvalue weighted by molar-refractivity contribution is -0.131. The largest absolute Gasteiger partial charge is 0.427 e. The van der Waals surface area contributed by atoms with E-state index in [1.54, 1.807) is 18.2 Å². The lowest BCUT2D eigenvalue weighted by Crippen LogP contribution is -2.21. The zero-order valence-electron chi connectivity index (χ0n) is 11.4. The number of esters is 1. The second-order valence-electron chi connectivity index (χ2n) is 5.49. The van der Waals surface area contributed by atoms with Crippen LogP contribution in [0.4, 0.5) is 0 Å². The molecule has 0 fully saturated rings. The number of benzene rings is 1. The first kappa shape index (κ1) is 13.3. The van der Waals surface area contributed by atoms with Crippen molar-refractivity contribution >= 4 is 16.9 Å². The van der Waals surface area contributed by atoms with Crippen LogP contribution in [0, 0.1) is 0 Å². The third-order valence-corrected chi connectivity index (χ3v) is 2.78. The lowest BCUT2D eigenvalue weighted by Gasteiger charge is -2.17. The minimum atomic E-state index is -0.409. The van der Waals surface area contributed by atoms with Crippen molar-refractivity contribution in [2.45, 2.75) is 33.1 Å². The van der Waals surface area contributed by atoms with E-state index in [9.17, 15) is 9.59 Å². The highest BCUT2D eigenvalue weighted by atomic mass is 16.5. The van der Waals surface area contributed by atoms with Gasteiger partial charge in [0.15, 0.2) is 0 Å². The molecular weight excluding hydrogens is 244 g/mol. The van der Waals surface area contributed by atoms with Crippen LogP contribution < -0.4 is 10.4 Å². The summed E-state index contributed by atoms with van der Waals surface area (Å²) in [5, 5.41) is 0.806. The van der Waals surface area contributed by atoms with Gasteiger partial charge in [0.1, 0.15) is 11.3 Å². The highest BCUT2D eigenvalue weighted by Gasteiger charge is 2.19. The van der Waals surface area contributed by atoms with Gasteiger partial charge in [0.25, 0.3) is 0 Å². The van der Waals surface area contributed by atoms with Crippen LogP contribution in [0.25, 0.3) is 11.0 Å². The van der Waals surface area contributed by atoms with Crippen molar-refractivity contribution in [1.29, 1.82) is 0 Å². The molecule has 0 saturated carbocycles. The lowest BCUT2D eigenvalue weighted by atomic mass is 9.88. The summed E-state index contributed by atoms with van der Waals surface area (Å²) >= 11 is 0. The number of rotatable bonds is 1. The third-order valence-electron chi connectivity index (χ3n) is 2.78. The minimum absolute atomic E-state index is 0.274. The number of hydrogen-bond acceptors (Lipinski definition) is 4. The first-order valence-corrected chi connectivity index (χ1v) is 6.04. The smallest absolute Gasteiger partial charge is 0.339 e. The van der Waals surface area contributed by atoms with Crippen molar-refractivity contribution in [3.63, 3.8) is 0 Å². The SMILES string of the molecule is CC(=O)Oc1ccc2cc(C(C)(C)C)c(=O)oc2c1. The third kappa shape index (κ3) is 2.84. The number of carbonyl (C=O) groups excluding carboxylic acids is 1. The van der Waals surface area contributed by atoms with E-state index < -0.39 is 5.97 Å². The zero-order chi connectivity index (χ0) is 14.2. The number of hydrogen-bond donors (Lipinski definition) is 0. The fourth-order valence-corrected chi connectivity index (χ4v) is 1.84. The molecule has 0 atom stereocenters. The molecule has 0 bridgehead atoms. The highest BCUT2D eigenvalue weighted by molar-refractivity contribution is 5.80. The van der Waals surface area contributed by atoms with Gasteiger partial charge in [0.2, 0.25) is 0 Å². The van der Waals surface area contributed by atoms with Gasteiger partial charge >= 0.3 is 11.6 Å². The molecular formula is C15H16O4. The van der Waals surface area contributed by atoms with Gasteiger partial charge < -0.3 is 9.15 Å². The summed E-state index contributed by atoms with van der Waals surface area (Å²) in [6.45, 7) is 7.19. The van der Waals surface area contributed by atoms with Gasteiger partial charge in [-0.1, -0.05) is 20.8 Å². The van der Waals surface area contributed by atoms with E-state index in [4.69, 9.17) is 9.15 Å². The Morgan fingerprint density at radius 1 is 1.21 bits per heavy atom. The highest BCUT2D eigenvalue weighted by Crippen LogP contribution is 2.25. The molecule has 0 N–H and O–H groups in total. The zero-order valence-corrected chi connectivity index (χ0v) is 11.4. The molecule has 0 saturated heterocycles. The normalized spacial score (nSPS) is 11.6. The van der Waals surface area contributed by atoms with Crippen LogP contribution >= 0.6 is 0 Å². The Hall–Kier alpha value is -2.10. The first-order valence-electron chi connectivity index (χ1n) is 6.04. The number of fused-ring (bicyclic) bond motifs is 1. The predicted octanol–water partition coefficient (Wildman–Crippen LogP) is 3.02. The van der Waals surface area contributed by atoms with E-state index in [1.807, 2.05) is 26.8 Å². The summed E-state index contributed by atoms with van der Waals surface area (Å²) in [6, 6.07) is 6.81. The van der Waals surface area contributed by atoms with Crippen LogP contribution in [0.5, 0.6) is 5.75 Å². The van der Waals surface area contributed by atoms with Crippen LogP contribution in [0.15, 0.2) is 33.5 Å². The van der Waals surface area contributed by atoms with Crippen LogP contribution in [0.1, 0.15) is 33.3 Å². The van der Waals surface area contributed by atoms with Crippen molar-refractivity contribution in [3.8, 4) is 5.75 Å². The number of ether oxygens (including phenoxy) is 1. The van der Waals surface area contributed by atoms with E-state index >= 15 is 0 Å². The maximum Gasteiger partial charge on any atom is 0.339 e. The molecule has 1 heterocycles. The van der Waals surface area contributed by atoms with E-state index in [0.717, 1.165) is 5.39 Å². The molecule has 0 amide bonds. The summed E-state index contributed by atoms with van der Waals surface area (Å²) in [7, 11) is 0. The second kappa shape index (κ2) is 4.53. The van der Waals surface area contributed by atoms with Crippen LogP contribution in [-0.4, -0.2) is 5.97 Å². The Morgan fingerprint density at radius 3 is 2.47 bits per heavy atom. The maximum absolute atomic E-state index is 11.9. The van der Waals surface area contributed by atoms with Gasteiger partial charge in [-0.05, 0) is 23.6 Å². The molecule has 2 rings (SSSR count). The predicted molar refractivity (Wildman–Crippen MR) is 72.5 cm³/mol. The summed E-state index contributed by atoms with van der Waals surface area (Å²) < 4.78 is 10.3. The standard InChI is InChI=1S/C15H16O4/c1-9(16)18-11-6-5-10-7-12(15(2,3)4)14(17)19-13(10)8-11/h5-8H,1-4H3. The van der Waals surface area contributed by atoms with Crippen molar-refractivity contribution < 1.29 is 13.9 Å². The Kier molecular flexibility index (Phi) is 3.18. The Labute approximate surface area is 111 Å². The summed E-state index contributed by atoms with van der Waals surface area (Å²) in [6.07, 6.45) is 0. The van der Waals surface area contributed by atoms with E-state index in [0.29, 0.717) is 16.9 Å². The molecule has 0 radical (unpaired) electrons. The monoisotopic (exact) mass is 260 g/mol. The van der Waals surface area contributed by atoms with Gasteiger partial charge in [-0.25, -0.2) is 4.79 Å². The minimum Gasteiger partial charge on any atom is -0.427 e. The van der Waals surface area contributed by atoms with E-state index in [2.05, 4.69) is 0 Å². The van der Waals surface area contributed by atoms with E-state index in [1.165, 1.54) is 6.92 Å². The van der Waals surface area contributed by atoms with Gasteiger partial charge in [-0.2, -0.15) is 0 Å². The average Bonchev–Trinajstić information content (AvgIpc) is 2.25. The quantitative estimate of drug-likeness (QED) is 0.449. The first-order chi connectivity index (χ1) is 8.77. The molecule has 4 heteroatoms. The molecule has 100 valence electrons. The molecule has 0 aliphatic rings. The van der Waals surface area contributed by atoms with Gasteiger partial charge in [0.05, 0.1) is 0 Å². The molecule has 0 unspecified atom stereocenters. The van der Waals surface area contributed by atoms with Gasteiger partial charge in [0, 0.05) is 23.9 Å². The van der Waals surface area contributed by atoms with Crippen molar-refractivity contribution in [2.24, 2.45) is 0 Å². The Bertz CT molecular complexity index is 689. The average molecular weight is 260 g/mol. The van der Waals surface area contributed by atoms with Crippen molar-refractivity contribution in [3.05, 3.63) is 40.2 Å². The Morgan fingerprint density at radius 2 is 1.89 bits per heavy atom. The number of carbonyl (C=O) groups is 1. The van der Waals surface area contributed by atoms with Crippen LogP contribution in [0.3, 0.4) is 0 Å². The molecule has 1 aromatic heterocycles. The fourth-order valence-electron chi connectivity index (χ4n) is 1.84. The molecule has 1 aromatic carbocycles. The summed E-state index contributed by atoms with van der Waals surface area (Å²) in [4.78, 5) is 22.8. The van der Waals surface area contributed by atoms with Crippen LogP contribution in [-0.2, 0) is 10.2 Å². The second-order valence-corrected chi connectivity index (χ2v) is 5.49. The van der Waals surface area contributed by atoms with Gasteiger partial charge in [-0.3, -0.25) is 4.79 Å². The molecule has 19 heavy (non-hydrogen) atoms. The summed E-state index contributed by atoms with van der Waals surface area (Å²) in [5.41, 5.74) is 0.403. The molecule has 0 spiro atoms. The maximum atomic E-state index is 11.9. The Balaban J connectivity index is 2.59. The van der Waals surface area contributed by atoms with Crippen LogP contribution in [0.2, 0.25) is 0 Å². The van der Waals surface area contributed by atoms with Crippen molar-refractivity contribution in [2.75, 3.05) is 0 Å². The topological polar surface area (TPSA) is 56.5 Å². The van der Waals surface area contributed by atoms with E-state index in [-0.39, 0.29) is 11.0 Å².